The number of rotatable bonds is 0. The highest BCUT2D eigenvalue weighted by molar-refractivity contribution is 5.05. The van der Waals surface area contributed by atoms with E-state index >= 15 is 0 Å². The minimum atomic E-state index is 0.839. The van der Waals surface area contributed by atoms with Gasteiger partial charge in [0.2, 0.25) is 0 Å². The number of fused-ring (bicyclic) bond motifs is 5. The van der Waals surface area contributed by atoms with E-state index in [4.69, 9.17) is 0 Å². The Labute approximate surface area is 81.8 Å². The van der Waals surface area contributed by atoms with Gasteiger partial charge in [0.05, 0.1) is 0 Å². The molecule has 13 heavy (non-hydrogen) atoms. The topological polar surface area (TPSA) is 3.24 Å². The molecule has 3 rings (SSSR count). The number of nitrogens with zero attached hydrogens (tertiary/aromatic N) is 1. The summed E-state index contributed by atoms with van der Waals surface area (Å²) in [7, 11) is 2.28. The number of hydrogen-bond acceptors (Lipinski definition) is 1. The molecule has 0 aromatic carbocycles. The summed E-state index contributed by atoms with van der Waals surface area (Å²) in [4.78, 5) is 2.53. The molecule has 2 heterocycles. The lowest BCUT2D eigenvalue weighted by Gasteiger charge is -2.33. The van der Waals surface area contributed by atoms with Crippen molar-refractivity contribution in [1.82, 2.24) is 4.90 Å². The zero-order valence-corrected chi connectivity index (χ0v) is 8.92. The first kappa shape index (κ1) is 9.26. The van der Waals surface area contributed by atoms with Gasteiger partial charge < -0.3 is 4.90 Å². The maximum Gasteiger partial charge on any atom is 0.00415 e. The lowest BCUT2D eigenvalue weighted by atomic mass is 9.84. The van der Waals surface area contributed by atoms with Gasteiger partial charge in [-0.05, 0) is 45.1 Å². The summed E-state index contributed by atoms with van der Waals surface area (Å²) in [5.41, 5.74) is 1.64. The van der Waals surface area contributed by atoms with Crippen LogP contribution >= 0.6 is 0 Å². The third-order valence-corrected chi connectivity index (χ3v) is 3.43. The van der Waals surface area contributed by atoms with Crippen LogP contribution in [0, 0.1) is 11.8 Å². The predicted octanol–water partition coefficient (Wildman–Crippen LogP) is 2.68. The van der Waals surface area contributed by atoms with E-state index in [-0.39, 0.29) is 0 Å². The zero-order chi connectivity index (χ0) is 9.26. The highest BCUT2D eigenvalue weighted by Crippen LogP contribution is 2.29. The number of hydrogen-bond donors (Lipinski definition) is 0. The van der Waals surface area contributed by atoms with Crippen molar-refractivity contribution in [1.29, 1.82) is 0 Å². The van der Waals surface area contributed by atoms with Gasteiger partial charge in [-0.15, -0.1) is 0 Å². The molecule has 0 aromatic rings. The highest BCUT2D eigenvalue weighted by Gasteiger charge is 2.22. The van der Waals surface area contributed by atoms with Crippen molar-refractivity contribution in [2.24, 2.45) is 11.8 Å². The van der Waals surface area contributed by atoms with Gasteiger partial charge >= 0.3 is 0 Å². The molecule has 1 saturated heterocycles. The Morgan fingerprint density at radius 3 is 3.00 bits per heavy atom. The summed E-state index contributed by atoms with van der Waals surface area (Å²) < 4.78 is 0. The van der Waals surface area contributed by atoms with Gasteiger partial charge in [0.1, 0.15) is 0 Å². The van der Waals surface area contributed by atoms with Crippen molar-refractivity contribution in [3.8, 4) is 0 Å². The van der Waals surface area contributed by atoms with Crippen LogP contribution in [0.3, 0.4) is 0 Å². The van der Waals surface area contributed by atoms with Gasteiger partial charge in [0, 0.05) is 13.1 Å². The van der Waals surface area contributed by atoms with Gasteiger partial charge in [0.25, 0.3) is 0 Å². The summed E-state index contributed by atoms with van der Waals surface area (Å²) in [6.45, 7) is 4.92. The van der Waals surface area contributed by atoms with Crippen LogP contribution in [-0.2, 0) is 0 Å². The fraction of sp³-hybridized carbons (Fsp3) is 0.833. The Morgan fingerprint density at radius 2 is 2.15 bits per heavy atom. The van der Waals surface area contributed by atoms with Gasteiger partial charge in [-0.1, -0.05) is 18.1 Å². The SMILES string of the molecule is C/C1=C/C2CCCC(C1)CN(C)C2. The Kier molecular flexibility index (Phi) is 2.73. The van der Waals surface area contributed by atoms with E-state index in [1.165, 1.54) is 38.8 Å². The molecule has 0 radical (unpaired) electrons. The second kappa shape index (κ2) is 3.83. The van der Waals surface area contributed by atoms with E-state index in [9.17, 15) is 0 Å². The molecular weight excluding hydrogens is 158 g/mol. The van der Waals surface area contributed by atoms with Crippen LogP contribution in [0.25, 0.3) is 0 Å². The van der Waals surface area contributed by atoms with Crippen LogP contribution < -0.4 is 0 Å². The number of allylic oxidation sites excluding steroid dienone is 1. The Hall–Kier alpha value is -0.300. The van der Waals surface area contributed by atoms with Crippen LogP contribution in [0.5, 0.6) is 0 Å². The molecule has 2 bridgehead atoms. The molecule has 0 aromatic heterocycles. The van der Waals surface area contributed by atoms with Crippen LogP contribution in [0.2, 0.25) is 0 Å². The first-order chi connectivity index (χ1) is 6.24. The largest absolute Gasteiger partial charge is 0.305 e. The summed E-state index contributed by atoms with van der Waals surface area (Å²) in [5.74, 6) is 1.77. The van der Waals surface area contributed by atoms with E-state index in [0.29, 0.717) is 0 Å². The van der Waals surface area contributed by atoms with Crippen molar-refractivity contribution in [3.05, 3.63) is 11.6 Å². The van der Waals surface area contributed by atoms with Crippen LogP contribution in [0.1, 0.15) is 32.6 Å². The van der Waals surface area contributed by atoms with Crippen molar-refractivity contribution < 1.29 is 0 Å². The molecule has 1 nitrogen and oxygen atoms in total. The molecule has 0 N–H and O–H groups in total. The van der Waals surface area contributed by atoms with E-state index < -0.39 is 0 Å². The molecular formula is C12H21N. The lowest BCUT2D eigenvalue weighted by molar-refractivity contribution is 0.204. The maximum absolute atomic E-state index is 2.53. The smallest absolute Gasteiger partial charge is 0.00415 e. The Morgan fingerprint density at radius 1 is 1.31 bits per heavy atom. The molecule has 1 heteroatoms. The second-order valence-corrected chi connectivity index (χ2v) is 5.00. The average Bonchev–Trinajstić information content (AvgIpc) is 1.95. The van der Waals surface area contributed by atoms with Crippen LogP contribution in [0.4, 0.5) is 0 Å². The molecule has 0 saturated carbocycles. The van der Waals surface area contributed by atoms with E-state index in [0.717, 1.165) is 11.8 Å². The average molecular weight is 179 g/mol. The van der Waals surface area contributed by atoms with Crippen molar-refractivity contribution in [3.63, 3.8) is 0 Å². The summed E-state index contributed by atoms with van der Waals surface area (Å²) >= 11 is 0. The molecule has 2 atom stereocenters. The first-order valence-corrected chi connectivity index (χ1v) is 5.60. The molecule has 1 fully saturated rings. The molecule has 0 spiro atoms. The molecule has 0 amide bonds. The fourth-order valence-corrected chi connectivity index (χ4v) is 3.00. The van der Waals surface area contributed by atoms with Crippen LogP contribution in [0.15, 0.2) is 11.6 Å². The molecule has 2 unspecified atom stereocenters. The third kappa shape index (κ3) is 2.34. The maximum atomic E-state index is 2.53. The molecule has 2 aliphatic heterocycles. The quantitative estimate of drug-likeness (QED) is 0.517. The normalized spacial score (nSPS) is 40.3. The van der Waals surface area contributed by atoms with E-state index in [1.54, 1.807) is 5.57 Å². The second-order valence-electron chi connectivity index (χ2n) is 5.00. The third-order valence-electron chi connectivity index (χ3n) is 3.43. The van der Waals surface area contributed by atoms with Crippen molar-refractivity contribution >= 4 is 0 Å². The molecule has 1 aliphatic carbocycles. The Balaban J connectivity index is 2.17. The fourth-order valence-electron chi connectivity index (χ4n) is 3.00. The Bertz CT molecular complexity index is 207. The van der Waals surface area contributed by atoms with Crippen molar-refractivity contribution in [2.45, 2.75) is 32.6 Å². The van der Waals surface area contributed by atoms with E-state index in [2.05, 4.69) is 24.9 Å². The van der Waals surface area contributed by atoms with Gasteiger partial charge in [0.15, 0.2) is 0 Å². The minimum absolute atomic E-state index is 0.839. The monoisotopic (exact) mass is 179 g/mol. The lowest BCUT2D eigenvalue weighted by Crippen LogP contribution is -2.34. The zero-order valence-electron chi connectivity index (χ0n) is 8.92. The summed E-state index contributed by atoms with van der Waals surface area (Å²) in [6, 6.07) is 0. The minimum Gasteiger partial charge on any atom is -0.305 e. The van der Waals surface area contributed by atoms with E-state index in [1.807, 2.05) is 0 Å². The van der Waals surface area contributed by atoms with Crippen LogP contribution in [-0.4, -0.2) is 25.0 Å². The predicted molar refractivity (Wildman–Crippen MR) is 56.7 cm³/mol. The standard InChI is InChI=1S/C12H21N/c1-10-6-11-4-3-5-12(7-10)9-13(2)8-11/h6,11-12H,3-5,7-9H2,1-2H3/b10-6-. The first-order valence-electron chi connectivity index (χ1n) is 5.60. The van der Waals surface area contributed by atoms with Crippen molar-refractivity contribution in [2.75, 3.05) is 20.1 Å². The van der Waals surface area contributed by atoms with Gasteiger partial charge in [-0.3, -0.25) is 0 Å². The van der Waals surface area contributed by atoms with Gasteiger partial charge in [-0.25, -0.2) is 0 Å². The molecule has 3 aliphatic rings. The summed E-state index contributed by atoms with van der Waals surface area (Å²) in [5, 5.41) is 0. The van der Waals surface area contributed by atoms with Gasteiger partial charge in [-0.2, -0.15) is 0 Å². The molecule has 74 valence electrons. The highest BCUT2D eigenvalue weighted by atomic mass is 15.1. The summed E-state index contributed by atoms with van der Waals surface area (Å²) in [6.07, 6.45) is 8.19.